The number of aryl methyl sites for hydroxylation is 1. The normalized spacial score (nSPS) is 11.3. The Morgan fingerprint density at radius 3 is 1.22 bits per heavy atom. The lowest BCUT2D eigenvalue weighted by molar-refractivity contribution is -0.384. The van der Waals surface area contributed by atoms with Crippen molar-refractivity contribution in [3.8, 4) is 108 Å². The summed E-state index contributed by atoms with van der Waals surface area (Å²) in [6, 6.07) is 114. The molecule has 0 fully saturated rings. The number of non-ortho nitro benzene ring substituents is 1. The van der Waals surface area contributed by atoms with Gasteiger partial charge in [0.15, 0.2) is 5.82 Å². The molecule has 0 bridgehead atoms. The van der Waals surface area contributed by atoms with Gasteiger partial charge in [-0.2, -0.15) is 0 Å². The van der Waals surface area contributed by atoms with Crippen molar-refractivity contribution < 1.29 is 28.7 Å². The zero-order valence-corrected chi connectivity index (χ0v) is 69.3. The van der Waals surface area contributed by atoms with Crippen molar-refractivity contribution >= 4 is 131 Å². The Morgan fingerprint density at radius 1 is 0.331 bits per heavy atom. The third kappa shape index (κ3) is 15.0. The summed E-state index contributed by atoms with van der Waals surface area (Å²) >= 11 is 0. The third-order valence-corrected chi connectivity index (χ3v) is 23.5. The van der Waals surface area contributed by atoms with Crippen molar-refractivity contribution in [3.63, 3.8) is 0 Å². The summed E-state index contributed by atoms with van der Waals surface area (Å²) < 4.78 is 26.9. The number of nitrogens with one attached hydrogen (secondary N) is 8. The molecule has 0 unspecified atom stereocenters. The van der Waals surface area contributed by atoms with Gasteiger partial charge in [-0.3, -0.25) is 10.1 Å². The third-order valence-electron chi connectivity index (χ3n) is 23.5. The number of benzene rings is 17. The van der Waals surface area contributed by atoms with Crippen LogP contribution in [-0.4, -0.2) is 85.9 Å². The molecule has 0 spiro atoms. The molecule has 0 aliphatic carbocycles. The molecule has 8 aromatic heterocycles. The molecule has 8 heterocycles. The van der Waals surface area contributed by atoms with Crippen LogP contribution in [0.3, 0.4) is 0 Å². The van der Waals surface area contributed by atoms with Crippen molar-refractivity contribution in [1.29, 1.82) is 0 Å². The number of aromatic amines is 8. The minimum absolute atomic E-state index is 0.0151. The Morgan fingerprint density at radius 2 is 0.738 bits per heavy atom. The second-order valence-electron chi connectivity index (χ2n) is 31.5. The van der Waals surface area contributed by atoms with Crippen LogP contribution in [0.2, 0.25) is 0 Å². The monoisotopic (exact) mass is 1700 g/mol. The highest BCUT2D eigenvalue weighted by molar-refractivity contribution is 6.26. The van der Waals surface area contributed by atoms with Gasteiger partial charge in [0.25, 0.3) is 5.69 Å². The van der Waals surface area contributed by atoms with Gasteiger partial charge in [-0.25, -0.2) is 38.5 Å². The van der Waals surface area contributed by atoms with Crippen molar-refractivity contribution in [2.45, 2.75) is 6.92 Å². The number of H-pyrrole nitrogens is 8. The summed E-state index contributed by atoms with van der Waals surface area (Å²) in [5, 5.41) is 46.2. The van der Waals surface area contributed by atoms with Crippen LogP contribution in [0.5, 0.6) is 5.75 Å². The van der Waals surface area contributed by atoms with E-state index in [2.05, 4.69) is 155 Å². The number of hydrogen-bond acceptors (Lipinski definition) is 9. The summed E-state index contributed by atoms with van der Waals surface area (Å²) in [7, 11) is 0. The Balaban J connectivity index is 0.0000000987. The number of aromatic hydroxyl groups is 1. The molecule has 10 N–H and O–H groups in total. The average molecular weight is 1700 g/mol. The number of nitro groups is 1. The van der Waals surface area contributed by atoms with Crippen LogP contribution in [0.1, 0.15) is 16.1 Å². The van der Waals surface area contributed by atoms with Crippen molar-refractivity contribution in [2.24, 2.45) is 0 Å². The quantitative estimate of drug-likeness (QED) is 0.0332. The number of halogens is 2. The number of nitrogens with zero attached hydrogens (tertiary/aromatic N) is 6. The van der Waals surface area contributed by atoms with E-state index in [1.54, 1.807) is 72.8 Å². The maximum absolute atomic E-state index is 13.5. The molecule has 19 nitrogen and oxygen atoms in total. The number of aromatic nitrogens is 13. The molecule has 624 valence electrons. The van der Waals surface area contributed by atoms with Crippen LogP contribution >= 0.6 is 0 Å². The van der Waals surface area contributed by atoms with Gasteiger partial charge in [-0.05, 0) is 155 Å². The second-order valence-corrected chi connectivity index (χ2v) is 31.5. The molecule has 0 radical (unpaired) electrons. The Kier molecular flexibility index (Phi) is 20.5. The highest BCUT2D eigenvalue weighted by Crippen LogP contribution is 2.43. The molecule has 0 aliphatic heterocycles. The number of aromatic carboxylic acids is 1. The molecule has 0 aliphatic rings. The minimum atomic E-state index is -0.932. The Hall–Kier alpha value is -18.0. The summed E-state index contributed by atoms with van der Waals surface area (Å²) in [6.45, 7) is 1.91. The molecule has 0 atom stereocenters. The molecular formula is C109H74F2N14O5. The molecule has 17 aromatic carbocycles. The first-order valence-electron chi connectivity index (χ1n) is 42.1. The molecule has 25 aromatic rings. The summed E-state index contributed by atoms with van der Waals surface area (Å²) in [5.74, 6) is 2.49. The van der Waals surface area contributed by atoms with Crippen LogP contribution in [0.4, 0.5) is 14.5 Å². The van der Waals surface area contributed by atoms with E-state index in [4.69, 9.17) is 30.0 Å². The fourth-order valence-corrected chi connectivity index (χ4v) is 17.4. The standard InChI is InChI=1S/C24H17FN4O2.C23H16FN3.C22H14N2O2.C21H14N2O.C19H13N3/c1-14-21(19-13-18(29(30)31)11-12-20(19)26-14)24-27-22(15-5-3-2-4-6-15)23(28-24)16-7-9-17(25)10-8-16;24-19-9-6-16(7-10-19)22-21(15-4-2-1-3-5-15)26-23(27-22)18-8-11-20-17(14-18)12-13-25-20;25-22(26)14-11-9-13(10-12-14)21-23-19-17-7-3-1-5-15(17)16-6-2-4-8-18(16)20(19)24-21;24-14-7-5-6-13(12-14)21-22-19-17-10-3-1-8-15(17)16-9-2-4-11-18(16)20(19)23-21;1-3-8-14-12(6-1)13-7-2-4-9-15(13)18-17(14)21-19(22-18)16-10-5-11-20-16/h2-13,26H,1H3,(H,27,28);1-14,25H,(H,26,27);1-12H,(H,23,24)(H,25,26);1-12,24H,(H,22,23);1-11,20H,(H,21,22). The largest absolute Gasteiger partial charge is 0.508 e. The highest BCUT2D eigenvalue weighted by atomic mass is 19.1. The van der Waals surface area contributed by atoms with Gasteiger partial charge in [0.1, 0.15) is 40.7 Å². The van der Waals surface area contributed by atoms with Crippen molar-refractivity contribution in [1.82, 2.24) is 64.8 Å². The highest BCUT2D eigenvalue weighted by Gasteiger charge is 2.24. The van der Waals surface area contributed by atoms with E-state index < -0.39 is 10.9 Å². The SMILES string of the molecule is Cc1[nH]c2ccc([N+](=O)[O-])cc2c1-c1nc(-c2ccccc2)c(-c2ccc(F)cc2)[nH]1.Fc1ccc(-c2[nH]c(-c3ccc4[nH]ccc4c3)nc2-c2ccccc2)cc1.O=C(O)c1ccc(-c2nc3c4ccccc4c4ccccc4c3[nH]2)cc1.Oc1cccc(-c2nc3c4ccccc4c4ccccc4c3[nH]2)c1.c1c[nH]c(-c2nc3c4ccccc4c4ccccc4c3[nH]2)c1. The van der Waals surface area contributed by atoms with Gasteiger partial charge in [0.05, 0.1) is 72.1 Å². The van der Waals surface area contributed by atoms with E-state index in [-0.39, 0.29) is 28.6 Å². The number of hydrogen-bond donors (Lipinski definition) is 10. The van der Waals surface area contributed by atoms with Gasteiger partial charge in [-0.1, -0.05) is 231 Å². The number of phenols is 1. The Bertz CT molecular complexity index is 8390. The summed E-state index contributed by atoms with van der Waals surface area (Å²) in [5.41, 5.74) is 20.4. The fourth-order valence-electron chi connectivity index (χ4n) is 17.4. The molecule has 0 amide bonds. The lowest BCUT2D eigenvalue weighted by atomic mass is 10.0. The summed E-state index contributed by atoms with van der Waals surface area (Å²) in [4.78, 5) is 73.1. The number of carboxylic acids is 1. The zero-order chi connectivity index (χ0) is 88.0. The first kappa shape index (κ1) is 79.2. The van der Waals surface area contributed by atoms with E-state index in [0.29, 0.717) is 11.2 Å². The number of fused-ring (bicyclic) bond motifs is 20. The lowest BCUT2D eigenvalue weighted by Crippen LogP contribution is -1.95. The first-order valence-corrected chi connectivity index (χ1v) is 42.1. The van der Waals surface area contributed by atoms with E-state index in [0.717, 1.165) is 173 Å². The number of rotatable bonds is 11. The van der Waals surface area contributed by atoms with Crippen molar-refractivity contribution in [2.75, 3.05) is 0 Å². The van der Waals surface area contributed by atoms with E-state index in [9.17, 15) is 28.8 Å². The first-order chi connectivity index (χ1) is 63.7. The zero-order valence-electron chi connectivity index (χ0n) is 69.3. The smallest absolute Gasteiger partial charge is 0.335 e. The van der Waals surface area contributed by atoms with Gasteiger partial charge >= 0.3 is 5.97 Å². The minimum Gasteiger partial charge on any atom is -0.508 e. The summed E-state index contributed by atoms with van der Waals surface area (Å²) in [6.07, 6.45) is 3.84. The van der Waals surface area contributed by atoms with Crippen LogP contribution in [0.15, 0.2) is 370 Å². The maximum Gasteiger partial charge on any atom is 0.335 e. The lowest BCUT2D eigenvalue weighted by Gasteiger charge is -2.05. The van der Waals surface area contributed by atoms with Gasteiger partial charge in [0.2, 0.25) is 0 Å². The molecule has 0 saturated heterocycles. The molecular weight excluding hydrogens is 1620 g/mol. The van der Waals surface area contributed by atoms with E-state index in [1.165, 1.54) is 73.4 Å². The van der Waals surface area contributed by atoms with Crippen LogP contribution in [0.25, 0.3) is 222 Å². The van der Waals surface area contributed by atoms with Crippen molar-refractivity contribution in [3.05, 3.63) is 403 Å². The second kappa shape index (κ2) is 33.6. The predicted molar refractivity (Wildman–Crippen MR) is 517 cm³/mol. The number of phenolic OH excluding ortho intramolecular Hbond substituents is 1. The van der Waals surface area contributed by atoms with E-state index in [1.807, 2.05) is 159 Å². The van der Waals surface area contributed by atoms with Gasteiger partial charge < -0.3 is 50.1 Å². The number of imidazole rings is 5. The Labute approximate surface area is 738 Å². The van der Waals surface area contributed by atoms with Gasteiger partial charge in [0, 0.05) is 129 Å². The molecule has 0 saturated carbocycles. The van der Waals surface area contributed by atoms with Crippen LogP contribution < -0.4 is 0 Å². The average Bonchev–Trinajstić information content (AvgIpc) is 1.55. The van der Waals surface area contributed by atoms with Crippen LogP contribution in [-0.2, 0) is 0 Å². The maximum atomic E-state index is 13.5. The molecule has 21 heteroatoms. The number of carboxylic acid groups (broad SMARTS) is 1. The van der Waals surface area contributed by atoms with Crippen LogP contribution in [0, 0.1) is 28.7 Å². The molecule has 130 heavy (non-hydrogen) atoms. The predicted octanol–water partition coefficient (Wildman–Crippen LogP) is 27.6. The number of nitro benzene ring substituents is 1. The van der Waals surface area contributed by atoms with E-state index >= 15 is 0 Å². The fraction of sp³-hybridized carbons (Fsp3) is 0.00917. The topological polar surface area (TPSA) is 291 Å². The number of carbonyl (C=O) groups is 1. The molecule has 25 rings (SSSR count). The van der Waals surface area contributed by atoms with Gasteiger partial charge in [-0.15, -0.1) is 0 Å².